The van der Waals surface area contributed by atoms with Crippen molar-refractivity contribution in [1.29, 1.82) is 0 Å². The van der Waals surface area contributed by atoms with Crippen LogP contribution in [0.2, 0.25) is 0 Å². The van der Waals surface area contributed by atoms with Crippen LogP contribution in [0.4, 0.5) is 0 Å². The van der Waals surface area contributed by atoms with Crippen molar-refractivity contribution in [2.24, 2.45) is 11.3 Å². The molecule has 2 aliphatic heterocycles. The van der Waals surface area contributed by atoms with Crippen molar-refractivity contribution < 1.29 is 24.5 Å². The fourth-order valence-electron chi connectivity index (χ4n) is 4.26. The Morgan fingerprint density at radius 2 is 2.00 bits per heavy atom. The lowest BCUT2D eigenvalue weighted by molar-refractivity contribution is -0.148. The number of carbonyl (C=O) groups is 1. The Labute approximate surface area is 155 Å². The van der Waals surface area contributed by atoms with Crippen LogP contribution in [0.3, 0.4) is 0 Å². The first-order valence-electron chi connectivity index (χ1n) is 9.29. The van der Waals surface area contributed by atoms with Crippen LogP contribution in [0.15, 0.2) is 36.0 Å². The molecule has 3 aliphatic rings. The molecule has 0 spiro atoms. The number of esters is 1. The molecule has 5 nitrogen and oxygen atoms in total. The van der Waals surface area contributed by atoms with Gasteiger partial charge in [-0.25, -0.2) is 4.79 Å². The molecule has 26 heavy (non-hydrogen) atoms. The molecule has 0 aromatic carbocycles. The van der Waals surface area contributed by atoms with Gasteiger partial charge in [0.05, 0.1) is 23.9 Å². The standard InChI is InChI=1S/C21H30O5/c1-13-11-16-17(26-16)21(5,24)10-9-20(4)14(7-6-8-19(2,3)23)18(22)25-12-15(13)20/h6-8,15-17,23-24H,1,9-12H2,2-5H3/b8-6+,14-7+/t15-,16+,17+,20+,21-/m0/s1. The van der Waals surface area contributed by atoms with E-state index in [1.807, 2.05) is 6.92 Å². The molecule has 0 unspecified atom stereocenters. The number of fused-ring (bicyclic) bond motifs is 2. The molecule has 2 N–H and O–H groups in total. The van der Waals surface area contributed by atoms with Crippen molar-refractivity contribution in [2.45, 2.75) is 70.4 Å². The largest absolute Gasteiger partial charge is 0.462 e. The molecule has 3 fully saturated rings. The highest BCUT2D eigenvalue weighted by Gasteiger charge is 2.56. The highest BCUT2D eigenvalue weighted by atomic mass is 16.6. The van der Waals surface area contributed by atoms with Crippen LogP contribution >= 0.6 is 0 Å². The maximum atomic E-state index is 12.5. The molecule has 0 amide bonds. The average Bonchev–Trinajstić information content (AvgIpc) is 3.27. The van der Waals surface area contributed by atoms with Crippen LogP contribution in [0, 0.1) is 11.3 Å². The summed E-state index contributed by atoms with van der Waals surface area (Å²) >= 11 is 0. The highest BCUT2D eigenvalue weighted by molar-refractivity contribution is 5.91. The summed E-state index contributed by atoms with van der Waals surface area (Å²) in [5, 5.41) is 20.7. The summed E-state index contributed by atoms with van der Waals surface area (Å²) in [7, 11) is 0. The van der Waals surface area contributed by atoms with E-state index in [9.17, 15) is 15.0 Å². The first-order chi connectivity index (χ1) is 11.9. The predicted octanol–water partition coefficient (Wildman–Crippen LogP) is 2.68. The van der Waals surface area contributed by atoms with Gasteiger partial charge in [0.1, 0.15) is 6.10 Å². The Bertz CT molecular complexity index is 666. The number of cyclic esters (lactones) is 1. The Kier molecular flexibility index (Phi) is 4.70. The number of carbonyl (C=O) groups excluding carboxylic acids is 1. The minimum atomic E-state index is -0.958. The summed E-state index contributed by atoms with van der Waals surface area (Å²) in [4.78, 5) is 12.5. The third-order valence-electron chi connectivity index (χ3n) is 6.05. The van der Waals surface area contributed by atoms with Gasteiger partial charge in [0, 0.05) is 16.9 Å². The molecular formula is C21H30O5. The summed E-state index contributed by atoms with van der Waals surface area (Å²) in [5.41, 5.74) is -0.777. The fraction of sp³-hybridized carbons (Fsp3) is 0.667. The molecule has 0 radical (unpaired) electrons. The molecule has 0 aromatic rings. The molecule has 5 heteroatoms. The highest BCUT2D eigenvalue weighted by Crippen LogP contribution is 2.52. The summed E-state index contributed by atoms with van der Waals surface area (Å²) < 4.78 is 11.1. The second-order valence-electron chi connectivity index (χ2n) is 8.98. The van der Waals surface area contributed by atoms with E-state index in [-0.39, 0.29) is 24.1 Å². The molecule has 144 valence electrons. The number of ether oxygens (including phenoxy) is 2. The molecule has 2 saturated heterocycles. The first-order valence-corrected chi connectivity index (χ1v) is 9.29. The van der Waals surface area contributed by atoms with Crippen LogP contribution in [-0.4, -0.2) is 46.2 Å². The lowest BCUT2D eigenvalue weighted by Gasteiger charge is -2.44. The van der Waals surface area contributed by atoms with Crippen molar-refractivity contribution in [3.63, 3.8) is 0 Å². The second-order valence-corrected chi connectivity index (χ2v) is 8.98. The van der Waals surface area contributed by atoms with Crippen molar-refractivity contribution >= 4 is 5.97 Å². The van der Waals surface area contributed by atoms with E-state index in [1.165, 1.54) is 0 Å². The number of hydrogen-bond donors (Lipinski definition) is 2. The second kappa shape index (κ2) is 6.32. The van der Waals surface area contributed by atoms with Crippen molar-refractivity contribution in [1.82, 2.24) is 0 Å². The van der Waals surface area contributed by atoms with Gasteiger partial charge in [-0.15, -0.1) is 0 Å². The Balaban J connectivity index is 1.97. The van der Waals surface area contributed by atoms with E-state index in [0.717, 1.165) is 5.57 Å². The Hall–Kier alpha value is -1.43. The number of aliphatic hydroxyl groups is 2. The molecule has 3 rings (SSSR count). The SMILES string of the molecule is C=C1C[C@H]2O[C@H]2[C@@](C)(O)CC[C@]2(C)/C(=C/C=C/C(C)(C)O)C(=O)OC[C@@H]12. The minimum Gasteiger partial charge on any atom is -0.462 e. The predicted molar refractivity (Wildman–Crippen MR) is 98.4 cm³/mol. The summed E-state index contributed by atoms with van der Waals surface area (Å²) in [5.74, 6) is -0.349. The summed E-state index contributed by atoms with van der Waals surface area (Å²) in [6.45, 7) is 11.8. The summed E-state index contributed by atoms with van der Waals surface area (Å²) in [6, 6.07) is 0. The van der Waals surface area contributed by atoms with Crippen LogP contribution in [-0.2, 0) is 14.3 Å². The van der Waals surface area contributed by atoms with E-state index >= 15 is 0 Å². The Morgan fingerprint density at radius 3 is 2.65 bits per heavy atom. The molecular weight excluding hydrogens is 332 g/mol. The number of hydrogen-bond acceptors (Lipinski definition) is 5. The van der Waals surface area contributed by atoms with Gasteiger partial charge in [0.2, 0.25) is 0 Å². The van der Waals surface area contributed by atoms with Gasteiger partial charge in [-0.3, -0.25) is 0 Å². The lowest BCUT2D eigenvalue weighted by atomic mass is 9.64. The maximum absolute atomic E-state index is 12.5. The van der Waals surface area contributed by atoms with Crippen LogP contribution in [0.25, 0.3) is 0 Å². The van der Waals surface area contributed by atoms with E-state index in [4.69, 9.17) is 9.47 Å². The van der Waals surface area contributed by atoms with Crippen LogP contribution in [0.5, 0.6) is 0 Å². The van der Waals surface area contributed by atoms with E-state index in [2.05, 4.69) is 13.5 Å². The average molecular weight is 362 g/mol. The van der Waals surface area contributed by atoms with Gasteiger partial charge in [0.15, 0.2) is 0 Å². The van der Waals surface area contributed by atoms with Gasteiger partial charge in [-0.05, 0) is 40.0 Å². The van der Waals surface area contributed by atoms with Crippen molar-refractivity contribution in [3.8, 4) is 0 Å². The third kappa shape index (κ3) is 3.66. The zero-order valence-electron chi connectivity index (χ0n) is 16.1. The molecule has 1 aliphatic carbocycles. The van der Waals surface area contributed by atoms with Crippen molar-refractivity contribution in [3.05, 3.63) is 36.0 Å². The lowest BCUT2D eigenvalue weighted by Crippen LogP contribution is -2.44. The smallest absolute Gasteiger partial charge is 0.334 e. The minimum absolute atomic E-state index is 0.00000780. The van der Waals surface area contributed by atoms with Crippen molar-refractivity contribution in [2.75, 3.05) is 6.61 Å². The van der Waals surface area contributed by atoms with E-state index in [1.54, 1.807) is 32.1 Å². The summed E-state index contributed by atoms with van der Waals surface area (Å²) in [6.07, 6.45) is 6.76. The molecule has 5 atom stereocenters. The maximum Gasteiger partial charge on any atom is 0.334 e. The fourth-order valence-corrected chi connectivity index (χ4v) is 4.26. The zero-order chi connectivity index (χ0) is 19.3. The number of allylic oxidation sites excluding steroid dienone is 2. The van der Waals surface area contributed by atoms with Gasteiger partial charge in [-0.2, -0.15) is 0 Å². The Morgan fingerprint density at radius 1 is 1.31 bits per heavy atom. The molecule has 1 saturated carbocycles. The number of epoxide rings is 1. The zero-order valence-corrected chi connectivity index (χ0v) is 16.1. The van der Waals surface area contributed by atoms with E-state index in [0.29, 0.717) is 31.4 Å². The molecule has 0 aromatic heterocycles. The van der Waals surface area contributed by atoms with E-state index < -0.39 is 16.6 Å². The van der Waals surface area contributed by atoms with Crippen LogP contribution < -0.4 is 0 Å². The van der Waals surface area contributed by atoms with Crippen LogP contribution in [0.1, 0.15) is 47.0 Å². The van der Waals surface area contributed by atoms with Gasteiger partial charge in [0.25, 0.3) is 0 Å². The number of rotatable bonds is 2. The monoisotopic (exact) mass is 362 g/mol. The van der Waals surface area contributed by atoms with Gasteiger partial charge >= 0.3 is 5.97 Å². The van der Waals surface area contributed by atoms with Gasteiger partial charge in [-0.1, -0.05) is 37.3 Å². The molecule has 2 heterocycles. The molecule has 0 bridgehead atoms. The quantitative estimate of drug-likeness (QED) is 0.342. The topological polar surface area (TPSA) is 79.3 Å². The normalized spacial score (nSPS) is 42.5. The first kappa shape index (κ1) is 19.3. The van der Waals surface area contributed by atoms with Gasteiger partial charge < -0.3 is 19.7 Å². The third-order valence-corrected chi connectivity index (χ3v) is 6.05.